The third-order valence-electron chi connectivity index (χ3n) is 7.38. The van der Waals surface area contributed by atoms with Crippen LogP contribution in [0.3, 0.4) is 0 Å². The van der Waals surface area contributed by atoms with E-state index in [0.29, 0.717) is 31.2 Å². The van der Waals surface area contributed by atoms with E-state index in [-0.39, 0.29) is 49.7 Å². The number of amides is 2. The molecule has 0 spiro atoms. The summed E-state index contributed by atoms with van der Waals surface area (Å²) in [7, 11) is 1.59. The van der Waals surface area contributed by atoms with Gasteiger partial charge in [-0.05, 0) is 59.5 Å². The quantitative estimate of drug-likeness (QED) is 0.322. The summed E-state index contributed by atoms with van der Waals surface area (Å²) in [6.45, 7) is 4.56. The molecule has 3 aromatic carbocycles. The summed E-state index contributed by atoms with van der Waals surface area (Å²) in [4.78, 5) is 27.3. The van der Waals surface area contributed by atoms with E-state index in [1.807, 2.05) is 36.4 Å². The van der Waals surface area contributed by atoms with Gasteiger partial charge in [0.1, 0.15) is 18.2 Å². The number of likely N-dealkylation sites (tertiary alicyclic amines) is 1. The van der Waals surface area contributed by atoms with Crippen LogP contribution in [0.1, 0.15) is 48.1 Å². The van der Waals surface area contributed by atoms with Crippen molar-refractivity contribution in [2.24, 2.45) is 0 Å². The van der Waals surface area contributed by atoms with E-state index in [9.17, 15) is 14.0 Å². The first-order chi connectivity index (χ1) is 18.9. The van der Waals surface area contributed by atoms with Gasteiger partial charge < -0.3 is 14.2 Å². The summed E-state index contributed by atoms with van der Waals surface area (Å²) in [5, 5.41) is 0. The lowest BCUT2D eigenvalue weighted by Gasteiger charge is -2.30. The number of ether oxygens (including phenoxy) is 3. The summed E-state index contributed by atoms with van der Waals surface area (Å²) < 4.78 is 30.8. The minimum atomic E-state index is -0.254. The van der Waals surface area contributed by atoms with Gasteiger partial charge in [0.15, 0.2) is 11.5 Å². The van der Waals surface area contributed by atoms with Crippen LogP contribution in [0.4, 0.5) is 4.39 Å². The molecule has 0 bridgehead atoms. The van der Waals surface area contributed by atoms with Crippen molar-refractivity contribution in [3.63, 3.8) is 0 Å². The molecule has 0 aromatic heterocycles. The van der Waals surface area contributed by atoms with Gasteiger partial charge in [-0.2, -0.15) is 0 Å². The predicted molar refractivity (Wildman–Crippen MR) is 144 cm³/mol. The van der Waals surface area contributed by atoms with Gasteiger partial charge in [-0.3, -0.25) is 19.4 Å². The van der Waals surface area contributed by atoms with E-state index in [1.165, 1.54) is 28.2 Å². The second-order valence-electron chi connectivity index (χ2n) is 9.95. The average Bonchev–Trinajstić information content (AvgIpc) is 3.55. The normalized spacial score (nSPS) is 15.4. The number of halogens is 1. The van der Waals surface area contributed by atoms with Crippen molar-refractivity contribution in [1.29, 1.82) is 0 Å². The number of benzene rings is 3. The molecular weight excluding hydrogens is 499 g/mol. The minimum absolute atomic E-state index is 0.0819. The molecule has 0 N–H and O–H groups in total. The van der Waals surface area contributed by atoms with Crippen LogP contribution in [0.2, 0.25) is 0 Å². The maximum atomic E-state index is 13.6. The smallest absolute Gasteiger partial charge is 0.229 e. The fourth-order valence-corrected chi connectivity index (χ4v) is 5.11. The van der Waals surface area contributed by atoms with E-state index >= 15 is 0 Å². The molecule has 7 nitrogen and oxygen atoms in total. The van der Waals surface area contributed by atoms with Gasteiger partial charge >= 0.3 is 0 Å². The van der Waals surface area contributed by atoms with E-state index in [4.69, 9.17) is 14.2 Å². The predicted octanol–water partition coefficient (Wildman–Crippen LogP) is 5.06. The highest BCUT2D eigenvalue weighted by molar-refractivity contribution is 6.01. The van der Waals surface area contributed by atoms with Crippen LogP contribution >= 0.6 is 0 Å². The van der Waals surface area contributed by atoms with Crippen LogP contribution in [0.15, 0.2) is 60.7 Å². The summed E-state index contributed by atoms with van der Waals surface area (Å²) >= 11 is 0. The van der Waals surface area contributed by atoms with Gasteiger partial charge in [0.25, 0.3) is 0 Å². The molecule has 1 unspecified atom stereocenters. The van der Waals surface area contributed by atoms with Crippen LogP contribution in [0, 0.1) is 5.82 Å². The Kier molecular flexibility index (Phi) is 8.12. The highest BCUT2D eigenvalue weighted by Crippen LogP contribution is 2.33. The Bertz CT molecular complexity index is 1330. The Morgan fingerprint density at radius 1 is 0.923 bits per heavy atom. The standard InChI is InChI=1S/C31H33FN2O5/c1-21(24-6-10-27-25(18-24)13-15-38-27)33(19-22-3-7-26(32)8-4-22)20-23-5-9-28(29(17-23)37-2)39-16-14-34-30(35)11-12-31(34)36/h3-10,17-18,21H,11-16,19-20H2,1-2H3. The lowest BCUT2D eigenvalue weighted by molar-refractivity contribution is -0.138. The molecule has 0 radical (unpaired) electrons. The Balaban J connectivity index is 1.32. The molecule has 2 heterocycles. The second-order valence-corrected chi connectivity index (χ2v) is 9.95. The molecule has 39 heavy (non-hydrogen) atoms. The number of methoxy groups -OCH3 is 1. The number of hydrogen-bond acceptors (Lipinski definition) is 6. The van der Waals surface area contributed by atoms with Gasteiger partial charge in [-0.1, -0.05) is 30.3 Å². The molecule has 204 valence electrons. The molecule has 2 amide bonds. The number of rotatable bonds is 11. The maximum Gasteiger partial charge on any atom is 0.229 e. The lowest BCUT2D eigenvalue weighted by atomic mass is 10.0. The Labute approximate surface area is 228 Å². The third kappa shape index (κ3) is 6.23. The van der Waals surface area contributed by atoms with Crippen molar-refractivity contribution in [3.05, 3.63) is 88.7 Å². The zero-order chi connectivity index (χ0) is 27.4. The SMILES string of the molecule is COc1cc(CN(Cc2ccc(F)cc2)C(C)c2ccc3c(c2)CCO3)ccc1OCCN1C(=O)CCC1=O. The molecular formula is C31H33FN2O5. The van der Waals surface area contributed by atoms with Crippen molar-refractivity contribution < 1.29 is 28.2 Å². The van der Waals surface area contributed by atoms with E-state index in [1.54, 1.807) is 7.11 Å². The number of hydrogen-bond donors (Lipinski definition) is 0. The third-order valence-corrected chi connectivity index (χ3v) is 7.38. The molecule has 5 rings (SSSR count). The van der Waals surface area contributed by atoms with Crippen molar-refractivity contribution in [3.8, 4) is 17.2 Å². The zero-order valence-electron chi connectivity index (χ0n) is 22.3. The highest BCUT2D eigenvalue weighted by atomic mass is 19.1. The van der Waals surface area contributed by atoms with Crippen molar-refractivity contribution in [2.45, 2.75) is 45.3 Å². The number of carbonyl (C=O) groups is 2. The molecule has 1 atom stereocenters. The molecule has 0 saturated carbocycles. The first kappa shape index (κ1) is 26.7. The number of fused-ring (bicyclic) bond motifs is 1. The van der Waals surface area contributed by atoms with Gasteiger partial charge in [-0.15, -0.1) is 0 Å². The number of nitrogens with zero attached hydrogens (tertiary/aromatic N) is 2. The second kappa shape index (κ2) is 11.9. The van der Waals surface area contributed by atoms with Crippen LogP contribution in [0.25, 0.3) is 0 Å². The highest BCUT2D eigenvalue weighted by Gasteiger charge is 2.28. The Morgan fingerprint density at radius 2 is 1.64 bits per heavy atom. The van der Waals surface area contributed by atoms with Crippen LogP contribution in [-0.4, -0.2) is 48.5 Å². The Morgan fingerprint density at radius 3 is 2.38 bits per heavy atom. The van der Waals surface area contributed by atoms with Crippen molar-refractivity contribution >= 4 is 11.8 Å². The van der Waals surface area contributed by atoms with E-state index < -0.39 is 0 Å². The average molecular weight is 533 g/mol. The summed E-state index contributed by atoms with van der Waals surface area (Å²) in [6, 6.07) is 18.9. The fourth-order valence-electron chi connectivity index (χ4n) is 5.11. The number of carbonyl (C=O) groups excluding carboxylic acids is 2. The summed E-state index contributed by atoms with van der Waals surface area (Å²) in [5.74, 6) is 1.52. The largest absolute Gasteiger partial charge is 0.493 e. The van der Waals surface area contributed by atoms with Crippen LogP contribution in [0.5, 0.6) is 17.2 Å². The van der Waals surface area contributed by atoms with Gasteiger partial charge in [0.05, 0.1) is 20.3 Å². The van der Waals surface area contributed by atoms with E-state index in [0.717, 1.165) is 23.3 Å². The minimum Gasteiger partial charge on any atom is -0.493 e. The van der Waals surface area contributed by atoms with Gasteiger partial charge in [-0.25, -0.2) is 4.39 Å². The molecule has 2 aliphatic rings. The van der Waals surface area contributed by atoms with Crippen LogP contribution in [-0.2, 0) is 29.1 Å². The molecule has 2 aliphatic heterocycles. The topological polar surface area (TPSA) is 68.3 Å². The maximum absolute atomic E-state index is 13.6. The molecule has 1 fully saturated rings. The molecule has 8 heteroatoms. The molecule has 1 saturated heterocycles. The first-order valence-electron chi connectivity index (χ1n) is 13.3. The zero-order valence-corrected chi connectivity index (χ0v) is 22.3. The monoisotopic (exact) mass is 532 g/mol. The number of imide groups is 1. The van der Waals surface area contributed by atoms with Crippen LogP contribution < -0.4 is 14.2 Å². The first-order valence-corrected chi connectivity index (χ1v) is 13.3. The summed E-state index contributed by atoms with van der Waals surface area (Å²) in [6.07, 6.45) is 1.44. The van der Waals surface area contributed by atoms with Gasteiger partial charge in [0.2, 0.25) is 11.8 Å². The van der Waals surface area contributed by atoms with Gasteiger partial charge in [0, 0.05) is 38.4 Å². The molecule has 0 aliphatic carbocycles. The summed E-state index contributed by atoms with van der Waals surface area (Å²) in [5.41, 5.74) is 4.47. The molecule has 3 aromatic rings. The van der Waals surface area contributed by atoms with Crippen molar-refractivity contribution in [2.75, 3.05) is 26.9 Å². The van der Waals surface area contributed by atoms with Crippen molar-refractivity contribution in [1.82, 2.24) is 9.80 Å². The Hall–Kier alpha value is -3.91. The fraction of sp³-hybridized carbons (Fsp3) is 0.355. The van der Waals surface area contributed by atoms with E-state index in [2.05, 4.69) is 24.0 Å². The lowest BCUT2D eigenvalue weighted by Crippen LogP contribution is -2.33.